The van der Waals surface area contributed by atoms with E-state index < -0.39 is 12.0 Å². The van der Waals surface area contributed by atoms with Crippen LogP contribution in [0.3, 0.4) is 0 Å². The highest BCUT2D eigenvalue weighted by atomic mass is 79.9. The first-order valence-corrected chi connectivity index (χ1v) is 9.17. The van der Waals surface area contributed by atoms with E-state index >= 15 is 0 Å². The minimum absolute atomic E-state index is 0.312. The van der Waals surface area contributed by atoms with Crippen LogP contribution in [0.5, 0.6) is 11.5 Å². The van der Waals surface area contributed by atoms with Gasteiger partial charge in [-0.25, -0.2) is 9.59 Å². The SMILES string of the molecule is CCCOC(=O)C1=C(C)NC(=O)NC1c1cc(Br)c(OC)c(OCC)c1. The summed E-state index contributed by atoms with van der Waals surface area (Å²) < 4.78 is 16.9. The quantitative estimate of drug-likeness (QED) is 0.652. The molecule has 0 bridgehead atoms. The number of ether oxygens (including phenoxy) is 3. The van der Waals surface area contributed by atoms with Crippen molar-refractivity contribution in [2.24, 2.45) is 0 Å². The average molecular weight is 427 g/mol. The first-order valence-electron chi connectivity index (χ1n) is 8.38. The number of hydrogen-bond donors (Lipinski definition) is 2. The van der Waals surface area contributed by atoms with Gasteiger partial charge in [-0.1, -0.05) is 6.92 Å². The molecule has 7 nitrogen and oxygen atoms in total. The van der Waals surface area contributed by atoms with Crippen molar-refractivity contribution in [2.45, 2.75) is 33.2 Å². The second-order valence-corrected chi connectivity index (χ2v) is 6.53. The molecule has 1 aliphatic rings. The Bertz CT molecular complexity index is 733. The third-order valence-electron chi connectivity index (χ3n) is 3.80. The first kappa shape index (κ1) is 20.1. The monoisotopic (exact) mass is 426 g/mol. The number of nitrogens with one attached hydrogen (secondary N) is 2. The van der Waals surface area contributed by atoms with E-state index in [2.05, 4.69) is 26.6 Å². The lowest BCUT2D eigenvalue weighted by atomic mass is 9.95. The number of amides is 2. The van der Waals surface area contributed by atoms with Crippen LogP contribution in [0.1, 0.15) is 38.8 Å². The Labute approximate surface area is 161 Å². The van der Waals surface area contributed by atoms with Crippen LogP contribution in [-0.4, -0.2) is 32.3 Å². The summed E-state index contributed by atoms with van der Waals surface area (Å²) in [5.41, 5.74) is 1.50. The molecule has 1 heterocycles. The van der Waals surface area contributed by atoms with Crippen molar-refractivity contribution < 1.29 is 23.8 Å². The van der Waals surface area contributed by atoms with Gasteiger partial charge in [-0.3, -0.25) is 0 Å². The van der Waals surface area contributed by atoms with Crippen molar-refractivity contribution in [3.63, 3.8) is 0 Å². The number of carbonyl (C=O) groups excluding carboxylic acids is 2. The van der Waals surface area contributed by atoms with Crippen molar-refractivity contribution in [1.82, 2.24) is 10.6 Å². The molecule has 2 amide bonds. The highest BCUT2D eigenvalue weighted by Gasteiger charge is 2.33. The molecule has 0 spiro atoms. The van der Waals surface area contributed by atoms with Gasteiger partial charge in [0.2, 0.25) is 0 Å². The standard InChI is InChI=1S/C18H23BrN2O5/c1-5-7-26-17(22)14-10(3)20-18(23)21-15(14)11-8-12(19)16(24-4)13(9-11)25-6-2/h8-9,15H,5-7H2,1-4H3,(H2,20,21,23). The van der Waals surface area contributed by atoms with Crippen molar-refractivity contribution in [2.75, 3.05) is 20.3 Å². The number of urea groups is 1. The highest BCUT2D eigenvalue weighted by Crippen LogP contribution is 2.40. The Morgan fingerprint density at radius 1 is 1.31 bits per heavy atom. The van der Waals surface area contributed by atoms with E-state index in [-0.39, 0.29) is 6.03 Å². The summed E-state index contributed by atoms with van der Waals surface area (Å²) in [6.07, 6.45) is 0.713. The average Bonchev–Trinajstić information content (AvgIpc) is 2.59. The van der Waals surface area contributed by atoms with Crippen LogP contribution in [-0.2, 0) is 9.53 Å². The molecule has 0 aliphatic carbocycles. The summed E-state index contributed by atoms with van der Waals surface area (Å²) in [7, 11) is 1.55. The molecule has 0 saturated heterocycles. The van der Waals surface area contributed by atoms with Gasteiger partial charge in [0.1, 0.15) is 0 Å². The van der Waals surface area contributed by atoms with Gasteiger partial charge in [0, 0.05) is 5.70 Å². The summed E-state index contributed by atoms with van der Waals surface area (Å²) in [5.74, 6) is 0.601. The van der Waals surface area contributed by atoms with Crippen LogP contribution >= 0.6 is 15.9 Å². The lowest BCUT2D eigenvalue weighted by molar-refractivity contribution is -0.139. The fraction of sp³-hybridized carbons (Fsp3) is 0.444. The Morgan fingerprint density at radius 2 is 2.04 bits per heavy atom. The smallest absolute Gasteiger partial charge is 0.338 e. The summed E-state index contributed by atoms with van der Waals surface area (Å²) >= 11 is 3.46. The second-order valence-electron chi connectivity index (χ2n) is 5.67. The zero-order valence-corrected chi connectivity index (χ0v) is 16.9. The van der Waals surface area contributed by atoms with E-state index in [0.717, 1.165) is 0 Å². The minimum Gasteiger partial charge on any atom is -0.492 e. The number of carbonyl (C=O) groups is 2. The van der Waals surface area contributed by atoms with Gasteiger partial charge in [0.05, 0.1) is 36.4 Å². The zero-order chi connectivity index (χ0) is 19.3. The van der Waals surface area contributed by atoms with E-state index in [1.807, 2.05) is 13.8 Å². The lowest BCUT2D eigenvalue weighted by Gasteiger charge is -2.28. The molecule has 0 saturated carbocycles. The van der Waals surface area contributed by atoms with Gasteiger partial charge in [-0.2, -0.15) is 0 Å². The molecule has 26 heavy (non-hydrogen) atoms. The van der Waals surface area contributed by atoms with Crippen LogP contribution in [0, 0.1) is 0 Å². The number of hydrogen-bond acceptors (Lipinski definition) is 5. The predicted octanol–water partition coefficient (Wildman–Crippen LogP) is 3.44. The maximum Gasteiger partial charge on any atom is 0.338 e. The topological polar surface area (TPSA) is 85.9 Å². The summed E-state index contributed by atoms with van der Waals surface area (Å²) in [5, 5.41) is 5.40. The van der Waals surface area contributed by atoms with E-state index in [0.29, 0.717) is 52.4 Å². The first-order chi connectivity index (χ1) is 12.4. The molecule has 0 aromatic heterocycles. The fourth-order valence-electron chi connectivity index (χ4n) is 2.70. The Balaban J connectivity index is 2.50. The normalized spacial score (nSPS) is 16.7. The molecule has 1 aliphatic heterocycles. The Hall–Kier alpha value is -2.22. The van der Waals surface area contributed by atoms with Gasteiger partial charge in [0.15, 0.2) is 11.5 Å². The molecule has 0 fully saturated rings. The number of rotatable bonds is 7. The van der Waals surface area contributed by atoms with E-state index in [4.69, 9.17) is 14.2 Å². The minimum atomic E-state index is -0.658. The largest absolute Gasteiger partial charge is 0.492 e. The maximum absolute atomic E-state index is 12.5. The number of methoxy groups -OCH3 is 1. The van der Waals surface area contributed by atoms with Crippen LogP contribution < -0.4 is 20.1 Å². The molecular weight excluding hydrogens is 404 g/mol. The van der Waals surface area contributed by atoms with Crippen molar-refractivity contribution in [1.29, 1.82) is 0 Å². The summed E-state index contributed by atoms with van der Waals surface area (Å²) in [6.45, 7) is 6.22. The van der Waals surface area contributed by atoms with Crippen molar-refractivity contribution >= 4 is 27.9 Å². The van der Waals surface area contributed by atoms with E-state index in [1.54, 1.807) is 26.2 Å². The van der Waals surface area contributed by atoms with E-state index in [1.165, 1.54) is 0 Å². The number of esters is 1. The van der Waals surface area contributed by atoms with Crippen LogP contribution in [0.25, 0.3) is 0 Å². The fourth-order valence-corrected chi connectivity index (χ4v) is 3.32. The molecule has 1 atom stereocenters. The van der Waals surface area contributed by atoms with Gasteiger partial charge in [-0.05, 0) is 53.9 Å². The van der Waals surface area contributed by atoms with Gasteiger partial charge < -0.3 is 24.8 Å². The number of benzene rings is 1. The lowest BCUT2D eigenvalue weighted by Crippen LogP contribution is -2.45. The predicted molar refractivity (Wildman–Crippen MR) is 100 cm³/mol. The van der Waals surface area contributed by atoms with Gasteiger partial charge >= 0.3 is 12.0 Å². The van der Waals surface area contributed by atoms with Crippen LogP contribution in [0.2, 0.25) is 0 Å². The molecule has 2 rings (SSSR count). The number of allylic oxidation sites excluding steroid dienone is 1. The molecule has 1 aromatic rings. The zero-order valence-electron chi connectivity index (χ0n) is 15.3. The second kappa shape index (κ2) is 8.93. The van der Waals surface area contributed by atoms with Gasteiger partial charge in [-0.15, -0.1) is 0 Å². The summed E-state index contributed by atoms with van der Waals surface area (Å²) in [4.78, 5) is 24.5. The molecule has 1 unspecified atom stereocenters. The van der Waals surface area contributed by atoms with Crippen molar-refractivity contribution in [3.8, 4) is 11.5 Å². The van der Waals surface area contributed by atoms with Crippen LogP contribution in [0.15, 0.2) is 27.9 Å². The molecule has 1 aromatic carbocycles. The highest BCUT2D eigenvalue weighted by molar-refractivity contribution is 9.10. The van der Waals surface area contributed by atoms with E-state index in [9.17, 15) is 9.59 Å². The van der Waals surface area contributed by atoms with Crippen LogP contribution in [0.4, 0.5) is 4.79 Å². The van der Waals surface area contributed by atoms with Gasteiger partial charge in [0.25, 0.3) is 0 Å². The maximum atomic E-state index is 12.5. The molecule has 8 heteroatoms. The molecular formula is C18H23BrN2O5. The molecule has 142 valence electrons. The molecule has 2 N–H and O–H groups in total. The Morgan fingerprint density at radius 3 is 2.65 bits per heavy atom. The third-order valence-corrected chi connectivity index (χ3v) is 4.38. The third kappa shape index (κ3) is 4.30. The molecule has 0 radical (unpaired) electrons. The summed E-state index contributed by atoms with van der Waals surface area (Å²) in [6, 6.07) is 2.50. The number of halogens is 1. The Kier molecular flexibility index (Phi) is 6.90. The van der Waals surface area contributed by atoms with Crippen molar-refractivity contribution in [3.05, 3.63) is 33.4 Å².